The molecule has 0 amide bonds. The molecule has 2 aromatic rings. The Morgan fingerprint density at radius 3 is 1.47 bits per heavy atom. The van der Waals surface area contributed by atoms with Crippen molar-refractivity contribution in [1.29, 1.82) is 0 Å². The molecule has 0 fully saturated rings. The number of rotatable bonds is 3. The van der Waals surface area contributed by atoms with Gasteiger partial charge in [0.25, 0.3) is 0 Å². The minimum absolute atomic E-state index is 1.38. The first kappa shape index (κ1) is 10.7. The summed E-state index contributed by atoms with van der Waals surface area (Å²) >= 11 is -2.04. The van der Waals surface area contributed by atoms with Crippen molar-refractivity contribution < 1.29 is 3.07 Å². The standard InChI is InChI=1S/2C6H5.CH3O.Sn/c2*1-2-4-6-5-3-1;1-2;/h2*1-5H;1H3;/q;;-1;+1. The van der Waals surface area contributed by atoms with Gasteiger partial charge in [0, 0.05) is 0 Å². The molecular weight excluding hydrogens is 291 g/mol. The van der Waals surface area contributed by atoms with E-state index < -0.39 is 20.2 Å². The minimum atomic E-state index is -2.04. The van der Waals surface area contributed by atoms with Gasteiger partial charge in [0.1, 0.15) is 0 Å². The van der Waals surface area contributed by atoms with E-state index in [1.165, 1.54) is 7.16 Å². The van der Waals surface area contributed by atoms with Gasteiger partial charge in [0.05, 0.1) is 0 Å². The SMILES string of the molecule is C[O][Sn]([c]1ccccc1)[c]1ccccc1. The predicted octanol–water partition coefficient (Wildman–Crippen LogP) is 1.44. The van der Waals surface area contributed by atoms with Crippen molar-refractivity contribution in [2.24, 2.45) is 0 Å². The molecule has 1 nitrogen and oxygen atoms in total. The van der Waals surface area contributed by atoms with E-state index in [9.17, 15) is 0 Å². The van der Waals surface area contributed by atoms with E-state index >= 15 is 0 Å². The van der Waals surface area contributed by atoms with Crippen LogP contribution in [0.15, 0.2) is 60.7 Å². The van der Waals surface area contributed by atoms with Crippen LogP contribution >= 0.6 is 0 Å². The van der Waals surface area contributed by atoms with Crippen LogP contribution in [0, 0.1) is 0 Å². The van der Waals surface area contributed by atoms with E-state index in [1.54, 1.807) is 0 Å². The molecule has 0 unspecified atom stereocenters. The molecule has 0 heterocycles. The van der Waals surface area contributed by atoms with E-state index in [2.05, 4.69) is 48.5 Å². The van der Waals surface area contributed by atoms with Gasteiger partial charge in [-0.15, -0.1) is 0 Å². The summed E-state index contributed by atoms with van der Waals surface area (Å²) in [6.45, 7) is 0. The average Bonchev–Trinajstić information content (AvgIpc) is 2.33. The Hall–Kier alpha value is -0.801. The number of benzene rings is 2. The zero-order chi connectivity index (χ0) is 10.5. The van der Waals surface area contributed by atoms with E-state index in [-0.39, 0.29) is 0 Å². The van der Waals surface area contributed by atoms with Gasteiger partial charge in [0.2, 0.25) is 0 Å². The van der Waals surface area contributed by atoms with Gasteiger partial charge >= 0.3 is 98.2 Å². The molecule has 0 atom stereocenters. The van der Waals surface area contributed by atoms with Gasteiger partial charge in [-0.2, -0.15) is 0 Å². The topological polar surface area (TPSA) is 9.23 Å². The zero-order valence-electron chi connectivity index (χ0n) is 8.68. The number of hydrogen-bond donors (Lipinski definition) is 0. The van der Waals surface area contributed by atoms with E-state index in [0.717, 1.165) is 0 Å². The molecule has 2 rings (SSSR count). The summed E-state index contributed by atoms with van der Waals surface area (Å²) in [5.41, 5.74) is 0. The Kier molecular flexibility index (Phi) is 3.80. The first-order valence-corrected chi connectivity index (χ1v) is 8.95. The van der Waals surface area contributed by atoms with Crippen molar-refractivity contribution in [3.63, 3.8) is 0 Å². The van der Waals surface area contributed by atoms with Crippen LogP contribution in [0.4, 0.5) is 0 Å². The fourth-order valence-electron chi connectivity index (χ4n) is 1.58. The van der Waals surface area contributed by atoms with Crippen molar-refractivity contribution in [3.05, 3.63) is 60.7 Å². The Balaban J connectivity index is 2.34. The molecule has 0 aliphatic rings. The summed E-state index contributed by atoms with van der Waals surface area (Å²) < 4.78 is 8.49. The van der Waals surface area contributed by atoms with Crippen LogP contribution < -0.4 is 7.16 Å². The van der Waals surface area contributed by atoms with Crippen molar-refractivity contribution >= 4 is 27.3 Å². The van der Waals surface area contributed by atoms with Crippen molar-refractivity contribution in [2.45, 2.75) is 0 Å². The summed E-state index contributed by atoms with van der Waals surface area (Å²) in [7, 11) is 1.83. The summed E-state index contributed by atoms with van der Waals surface area (Å²) in [5.74, 6) is 0. The molecule has 2 aromatic carbocycles. The molecule has 1 radical (unpaired) electrons. The zero-order valence-corrected chi connectivity index (χ0v) is 11.5. The quantitative estimate of drug-likeness (QED) is 0.780. The molecular formula is C13H13OSn. The van der Waals surface area contributed by atoms with Crippen LogP contribution in [0.1, 0.15) is 0 Å². The summed E-state index contributed by atoms with van der Waals surface area (Å²) in [6, 6.07) is 21.1. The first-order chi connectivity index (χ1) is 7.42. The molecule has 0 aliphatic carbocycles. The molecule has 75 valence electrons. The van der Waals surface area contributed by atoms with Crippen molar-refractivity contribution in [2.75, 3.05) is 7.11 Å². The van der Waals surface area contributed by atoms with Crippen LogP contribution in [0.5, 0.6) is 0 Å². The fourth-order valence-corrected chi connectivity index (χ4v) is 6.70. The van der Waals surface area contributed by atoms with Gasteiger partial charge in [-0.3, -0.25) is 0 Å². The Morgan fingerprint density at radius 1 is 0.733 bits per heavy atom. The maximum atomic E-state index is 5.72. The van der Waals surface area contributed by atoms with E-state index in [4.69, 9.17) is 3.07 Å². The molecule has 0 spiro atoms. The molecule has 0 saturated heterocycles. The second-order valence-electron chi connectivity index (χ2n) is 3.27. The van der Waals surface area contributed by atoms with Gasteiger partial charge < -0.3 is 0 Å². The monoisotopic (exact) mass is 305 g/mol. The summed E-state index contributed by atoms with van der Waals surface area (Å²) in [5, 5.41) is 0. The fraction of sp³-hybridized carbons (Fsp3) is 0.0769. The third kappa shape index (κ3) is 2.61. The summed E-state index contributed by atoms with van der Waals surface area (Å²) in [6.07, 6.45) is 0. The third-order valence-corrected chi connectivity index (χ3v) is 8.34. The summed E-state index contributed by atoms with van der Waals surface area (Å²) in [4.78, 5) is 0. The molecule has 0 bridgehead atoms. The molecule has 0 saturated carbocycles. The van der Waals surface area contributed by atoms with Crippen LogP contribution in [0.25, 0.3) is 0 Å². The van der Waals surface area contributed by atoms with E-state index in [1.807, 2.05) is 19.2 Å². The molecule has 0 aromatic heterocycles. The van der Waals surface area contributed by atoms with Crippen LogP contribution in [-0.4, -0.2) is 27.3 Å². The maximum absolute atomic E-state index is 5.72. The Labute approximate surface area is 98.0 Å². The third-order valence-electron chi connectivity index (χ3n) is 2.28. The Morgan fingerprint density at radius 2 is 1.13 bits per heavy atom. The second kappa shape index (κ2) is 5.33. The normalized spacial score (nSPS) is 10.5. The van der Waals surface area contributed by atoms with Gasteiger partial charge in [-0.25, -0.2) is 0 Å². The van der Waals surface area contributed by atoms with Crippen molar-refractivity contribution in [1.82, 2.24) is 0 Å². The van der Waals surface area contributed by atoms with Crippen LogP contribution in [-0.2, 0) is 3.07 Å². The van der Waals surface area contributed by atoms with Crippen LogP contribution in [0.3, 0.4) is 0 Å². The van der Waals surface area contributed by atoms with Crippen LogP contribution in [0.2, 0.25) is 0 Å². The van der Waals surface area contributed by atoms with Gasteiger partial charge in [-0.1, -0.05) is 0 Å². The molecule has 2 heteroatoms. The van der Waals surface area contributed by atoms with Gasteiger partial charge in [0.15, 0.2) is 0 Å². The predicted molar refractivity (Wildman–Crippen MR) is 64.9 cm³/mol. The number of hydrogen-bond acceptors (Lipinski definition) is 1. The first-order valence-electron chi connectivity index (χ1n) is 4.93. The van der Waals surface area contributed by atoms with Crippen molar-refractivity contribution in [3.8, 4) is 0 Å². The second-order valence-corrected chi connectivity index (χ2v) is 9.60. The van der Waals surface area contributed by atoms with E-state index in [0.29, 0.717) is 0 Å². The van der Waals surface area contributed by atoms with Gasteiger partial charge in [-0.05, 0) is 0 Å². The molecule has 15 heavy (non-hydrogen) atoms. The average molecular weight is 304 g/mol. The molecule has 0 N–H and O–H groups in total. The molecule has 0 aliphatic heterocycles. The Bertz CT molecular complexity index is 360.